The summed E-state index contributed by atoms with van der Waals surface area (Å²) in [6, 6.07) is 20.8. The number of aliphatic hydroxyl groups is 1. The Morgan fingerprint density at radius 2 is 1.66 bits per heavy atom. The molecule has 4 rings (SSSR count). The molecule has 1 atom stereocenters. The zero-order chi connectivity index (χ0) is 23.0. The number of nitrogens with zero attached hydrogens (tertiary/aromatic N) is 2. The monoisotopic (exact) mass is 446 g/mol. The lowest BCUT2D eigenvalue weighted by Crippen LogP contribution is -2.29. The lowest BCUT2D eigenvalue weighted by molar-refractivity contribution is -0.132. The molecule has 1 heterocycles. The highest BCUT2D eigenvalue weighted by Crippen LogP contribution is 2.43. The molecule has 0 bridgehead atoms. The quantitative estimate of drug-likeness (QED) is 0.334. The van der Waals surface area contributed by atoms with Gasteiger partial charge in [-0.05, 0) is 54.4 Å². The summed E-state index contributed by atoms with van der Waals surface area (Å²) in [7, 11) is 3.86. The molecule has 0 spiro atoms. The van der Waals surface area contributed by atoms with Crippen LogP contribution in [-0.2, 0) is 9.59 Å². The van der Waals surface area contributed by atoms with Gasteiger partial charge in [-0.25, -0.2) is 0 Å². The zero-order valence-electron chi connectivity index (χ0n) is 18.0. The van der Waals surface area contributed by atoms with Crippen LogP contribution in [-0.4, -0.2) is 30.9 Å². The molecule has 32 heavy (non-hydrogen) atoms. The number of ketones is 1. The van der Waals surface area contributed by atoms with E-state index in [1.54, 1.807) is 24.3 Å². The fourth-order valence-corrected chi connectivity index (χ4v) is 4.18. The first-order valence-corrected chi connectivity index (χ1v) is 10.6. The predicted octanol–water partition coefficient (Wildman–Crippen LogP) is 5.34. The van der Waals surface area contributed by atoms with Gasteiger partial charge in [-0.2, -0.15) is 0 Å². The molecule has 5 nitrogen and oxygen atoms in total. The maximum absolute atomic E-state index is 13.2. The Morgan fingerprint density at radius 1 is 0.969 bits per heavy atom. The molecule has 1 aliphatic heterocycles. The highest BCUT2D eigenvalue weighted by molar-refractivity contribution is 6.51. The average molecular weight is 447 g/mol. The third kappa shape index (κ3) is 3.76. The van der Waals surface area contributed by atoms with Gasteiger partial charge >= 0.3 is 0 Å². The number of aliphatic hydroxyl groups excluding tert-OH is 1. The number of benzene rings is 3. The summed E-state index contributed by atoms with van der Waals surface area (Å²) in [6.45, 7) is 1.92. The van der Waals surface area contributed by atoms with Crippen molar-refractivity contribution in [3.05, 3.63) is 100 Å². The molecule has 3 aromatic rings. The van der Waals surface area contributed by atoms with Crippen molar-refractivity contribution in [3.63, 3.8) is 0 Å². The van der Waals surface area contributed by atoms with Gasteiger partial charge in [-0.3, -0.25) is 14.5 Å². The summed E-state index contributed by atoms with van der Waals surface area (Å²) in [5.74, 6) is -1.65. The van der Waals surface area contributed by atoms with Crippen LogP contribution in [0.5, 0.6) is 0 Å². The fourth-order valence-electron chi connectivity index (χ4n) is 3.99. The normalized spacial score (nSPS) is 17.6. The largest absolute Gasteiger partial charge is 0.507 e. The molecule has 0 aliphatic carbocycles. The minimum Gasteiger partial charge on any atom is -0.507 e. The Morgan fingerprint density at radius 3 is 2.28 bits per heavy atom. The zero-order valence-corrected chi connectivity index (χ0v) is 18.8. The summed E-state index contributed by atoms with van der Waals surface area (Å²) in [6.07, 6.45) is 0. The van der Waals surface area contributed by atoms with E-state index in [4.69, 9.17) is 11.6 Å². The van der Waals surface area contributed by atoms with Crippen molar-refractivity contribution in [2.24, 2.45) is 0 Å². The molecular weight excluding hydrogens is 424 g/mol. The molecule has 0 radical (unpaired) electrons. The summed E-state index contributed by atoms with van der Waals surface area (Å²) in [4.78, 5) is 29.8. The first kappa shape index (κ1) is 21.7. The second kappa shape index (κ2) is 8.52. The molecule has 0 saturated carbocycles. The van der Waals surface area contributed by atoms with Crippen LogP contribution in [0.3, 0.4) is 0 Å². The third-order valence-electron chi connectivity index (χ3n) is 5.67. The fraction of sp³-hybridized carbons (Fsp3) is 0.154. The van der Waals surface area contributed by atoms with E-state index < -0.39 is 17.7 Å². The number of amides is 1. The van der Waals surface area contributed by atoms with Crippen LogP contribution >= 0.6 is 11.6 Å². The summed E-state index contributed by atoms with van der Waals surface area (Å²) in [5.41, 5.74) is 3.66. The Kier molecular flexibility index (Phi) is 5.76. The van der Waals surface area contributed by atoms with Gasteiger partial charge < -0.3 is 10.0 Å². The third-order valence-corrected chi connectivity index (χ3v) is 5.90. The van der Waals surface area contributed by atoms with Crippen LogP contribution in [0.15, 0.2) is 78.4 Å². The smallest absolute Gasteiger partial charge is 0.300 e. The van der Waals surface area contributed by atoms with Crippen LogP contribution in [0.2, 0.25) is 5.02 Å². The SMILES string of the molecule is Cc1ccccc1C1/C(=C(\O)c2cccc(Cl)c2)C(=O)C(=O)N1c1ccc(N(C)C)cc1. The van der Waals surface area contributed by atoms with Gasteiger partial charge in [0.05, 0.1) is 11.6 Å². The van der Waals surface area contributed by atoms with Crippen molar-refractivity contribution >= 4 is 40.4 Å². The van der Waals surface area contributed by atoms with E-state index in [1.165, 1.54) is 4.90 Å². The molecule has 1 unspecified atom stereocenters. The molecule has 3 aromatic carbocycles. The van der Waals surface area contributed by atoms with Crippen molar-refractivity contribution in [1.82, 2.24) is 0 Å². The highest BCUT2D eigenvalue weighted by atomic mass is 35.5. The Balaban J connectivity index is 1.94. The Hall–Kier alpha value is -3.57. The van der Waals surface area contributed by atoms with Gasteiger partial charge in [0.15, 0.2) is 0 Å². The Labute approximate surface area is 192 Å². The molecule has 1 aliphatic rings. The molecule has 1 N–H and O–H groups in total. The topological polar surface area (TPSA) is 60.9 Å². The maximum atomic E-state index is 13.2. The summed E-state index contributed by atoms with van der Waals surface area (Å²) < 4.78 is 0. The molecule has 162 valence electrons. The standard InChI is InChI=1S/C26H23ClN2O3/c1-16-7-4-5-10-21(16)23-22(24(30)17-8-6-9-18(27)15-17)25(31)26(32)29(23)20-13-11-19(12-14-20)28(2)3/h4-15,23,30H,1-3H3/b24-22+. The summed E-state index contributed by atoms with van der Waals surface area (Å²) in [5, 5.41) is 11.6. The van der Waals surface area contributed by atoms with Gasteiger partial charge in [0, 0.05) is 36.1 Å². The lowest BCUT2D eigenvalue weighted by Gasteiger charge is -2.27. The number of hydrogen-bond acceptors (Lipinski definition) is 4. The molecule has 1 fully saturated rings. The Bertz CT molecular complexity index is 1230. The first-order valence-electron chi connectivity index (χ1n) is 10.2. The second-order valence-electron chi connectivity index (χ2n) is 7.95. The maximum Gasteiger partial charge on any atom is 0.300 e. The highest BCUT2D eigenvalue weighted by Gasteiger charge is 2.47. The minimum atomic E-state index is -0.764. The lowest BCUT2D eigenvalue weighted by atomic mass is 9.92. The second-order valence-corrected chi connectivity index (χ2v) is 8.38. The number of carbonyl (C=O) groups is 2. The average Bonchev–Trinajstić information content (AvgIpc) is 3.04. The van der Waals surface area contributed by atoms with E-state index in [2.05, 4.69) is 0 Å². The molecule has 1 amide bonds. The van der Waals surface area contributed by atoms with Gasteiger partial charge in [-0.1, -0.05) is 48.0 Å². The van der Waals surface area contributed by atoms with Gasteiger partial charge in [0.25, 0.3) is 11.7 Å². The van der Waals surface area contributed by atoms with Crippen LogP contribution in [0, 0.1) is 6.92 Å². The predicted molar refractivity (Wildman–Crippen MR) is 128 cm³/mol. The number of anilines is 2. The van der Waals surface area contributed by atoms with E-state index in [9.17, 15) is 14.7 Å². The van der Waals surface area contributed by atoms with Crippen LogP contribution in [0.1, 0.15) is 22.7 Å². The van der Waals surface area contributed by atoms with Crippen molar-refractivity contribution in [2.75, 3.05) is 23.9 Å². The van der Waals surface area contributed by atoms with E-state index in [0.29, 0.717) is 16.3 Å². The number of aryl methyl sites for hydroxylation is 1. The van der Waals surface area contributed by atoms with Crippen molar-refractivity contribution in [3.8, 4) is 0 Å². The summed E-state index contributed by atoms with van der Waals surface area (Å²) >= 11 is 6.10. The van der Waals surface area contributed by atoms with Crippen molar-refractivity contribution < 1.29 is 14.7 Å². The van der Waals surface area contributed by atoms with E-state index in [-0.39, 0.29) is 11.3 Å². The van der Waals surface area contributed by atoms with E-state index >= 15 is 0 Å². The number of rotatable bonds is 4. The van der Waals surface area contributed by atoms with Crippen molar-refractivity contribution in [2.45, 2.75) is 13.0 Å². The van der Waals surface area contributed by atoms with Gasteiger partial charge in [0.1, 0.15) is 5.76 Å². The first-order chi connectivity index (χ1) is 15.3. The van der Waals surface area contributed by atoms with Crippen LogP contribution in [0.4, 0.5) is 11.4 Å². The van der Waals surface area contributed by atoms with Crippen LogP contribution < -0.4 is 9.80 Å². The number of carbonyl (C=O) groups excluding carboxylic acids is 2. The number of Topliss-reactive ketones (excluding diaryl/α,β-unsaturated/α-hetero) is 1. The number of halogens is 1. The minimum absolute atomic E-state index is 0.0447. The van der Waals surface area contributed by atoms with E-state index in [1.807, 2.05) is 74.4 Å². The van der Waals surface area contributed by atoms with Gasteiger partial charge in [0.2, 0.25) is 0 Å². The number of hydrogen-bond donors (Lipinski definition) is 1. The molecule has 1 saturated heterocycles. The van der Waals surface area contributed by atoms with Gasteiger partial charge in [-0.15, -0.1) is 0 Å². The van der Waals surface area contributed by atoms with E-state index in [0.717, 1.165) is 16.8 Å². The van der Waals surface area contributed by atoms with Crippen LogP contribution in [0.25, 0.3) is 5.76 Å². The van der Waals surface area contributed by atoms with Crippen molar-refractivity contribution in [1.29, 1.82) is 0 Å². The molecular formula is C26H23ClN2O3. The molecule has 6 heteroatoms. The molecule has 0 aromatic heterocycles.